The minimum Gasteiger partial charge on any atom is -0.336 e. The van der Waals surface area contributed by atoms with Gasteiger partial charge in [0.2, 0.25) is 10.0 Å². The molecule has 2 atom stereocenters. The van der Waals surface area contributed by atoms with Crippen LogP contribution in [0.1, 0.15) is 38.8 Å². The van der Waals surface area contributed by atoms with Crippen LogP contribution >= 0.6 is 0 Å². The van der Waals surface area contributed by atoms with Crippen molar-refractivity contribution in [3.63, 3.8) is 0 Å². The van der Waals surface area contributed by atoms with Crippen molar-refractivity contribution in [1.29, 1.82) is 0 Å². The summed E-state index contributed by atoms with van der Waals surface area (Å²) in [6, 6.07) is 5.75. The lowest BCUT2D eigenvalue weighted by Gasteiger charge is -2.17. The first-order chi connectivity index (χ1) is 9.24. The smallest absolute Gasteiger partial charge is 0.315 e. The average Bonchev–Trinajstić information content (AvgIpc) is 2.37. The first kappa shape index (κ1) is 16.5. The van der Waals surface area contributed by atoms with Crippen molar-refractivity contribution in [2.45, 2.75) is 44.2 Å². The first-order valence-electron chi connectivity index (χ1n) is 6.43. The summed E-state index contributed by atoms with van der Waals surface area (Å²) in [6.07, 6.45) is 0.852. The van der Waals surface area contributed by atoms with Gasteiger partial charge in [0.1, 0.15) is 0 Å². The summed E-state index contributed by atoms with van der Waals surface area (Å²) in [6.45, 7) is 5.73. The second-order valence-electron chi connectivity index (χ2n) is 4.76. The average molecular weight is 299 g/mol. The Morgan fingerprint density at radius 2 is 1.75 bits per heavy atom. The van der Waals surface area contributed by atoms with E-state index in [0.717, 1.165) is 12.0 Å². The molecule has 20 heavy (non-hydrogen) atoms. The fourth-order valence-corrected chi connectivity index (χ4v) is 2.11. The number of amides is 2. The Bertz CT molecular complexity index is 555. The molecule has 1 rings (SSSR count). The summed E-state index contributed by atoms with van der Waals surface area (Å²) in [4.78, 5) is 11.7. The fraction of sp³-hybridized carbons (Fsp3) is 0.462. The third kappa shape index (κ3) is 4.82. The van der Waals surface area contributed by atoms with Crippen LogP contribution in [0.25, 0.3) is 0 Å². The monoisotopic (exact) mass is 299 g/mol. The highest BCUT2D eigenvalue weighted by molar-refractivity contribution is 7.89. The lowest BCUT2D eigenvalue weighted by molar-refractivity contribution is 0.234. The van der Waals surface area contributed by atoms with Gasteiger partial charge in [-0.25, -0.2) is 18.4 Å². The van der Waals surface area contributed by atoms with Gasteiger partial charge in [-0.3, -0.25) is 0 Å². The molecule has 0 aliphatic heterocycles. The van der Waals surface area contributed by atoms with E-state index < -0.39 is 10.0 Å². The molecule has 2 amide bonds. The molecule has 0 bridgehead atoms. The number of carbonyl (C=O) groups excluding carboxylic acids is 1. The van der Waals surface area contributed by atoms with E-state index in [0.29, 0.717) is 0 Å². The van der Waals surface area contributed by atoms with Gasteiger partial charge >= 0.3 is 6.03 Å². The minimum absolute atomic E-state index is 0.0532. The molecule has 0 radical (unpaired) electrons. The highest BCUT2D eigenvalue weighted by atomic mass is 32.2. The van der Waals surface area contributed by atoms with Gasteiger partial charge < -0.3 is 10.6 Å². The lowest BCUT2D eigenvalue weighted by Crippen LogP contribution is -2.41. The summed E-state index contributed by atoms with van der Waals surface area (Å²) in [7, 11) is -3.69. The summed E-state index contributed by atoms with van der Waals surface area (Å²) < 4.78 is 22.3. The van der Waals surface area contributed by atoms with Crippen LogP contribution < -0.4 is 15.8 Å². The molecule has 0 fully saturated rings. The van der Waals surface area contributed by atoms with Crippen LogP contribution in [0.5, 0.6) is 0 Å². The molecule has 0 aliphatic rings. The highest BCUT2D eigenvalue weighted by Gasteiger charge is 2.12. The van der Waals surface area contributed by atoms with Crippen LogP contribution in [0, 0.1) is 0 Å². The molecule has 6 nitrogen and oxygen atoms in total. The molecule has 0 saturated heterocycles. The second kappa shape index (κ2) is 6.71. The van der Waals surface area contributed by atoms with Crippen LogP contribution in [0.2, 0.25) is 0 Å². The van der Waals surface area contributed by atoms with Crippen LogP contribution in [0.15, 0.2) is 29.2 Å². The van der Waals surface area contributed by atoms with Gasteiger partial charge in [0.15, 0.2) is 0 Å². The molecular weight excluding hydrogens is 278 g/mol. The van der Waals surface area contributed by atoms with E-state index in [1.54, 1.807) is 12.1 Å². The van der Waals surface area contributed by atoms with Crippen molar-refractivity contribution < 1.29 is 13.2 Å². The van der Waals surface area contributed by atoms with Gasteiger partial charge in [-0.1, -0.05) is 19.1 Å². The van der Waals surface area contributed by atoms with Crippen molar-refractivity contribution in [2.75, 3.05) is 0 Å². The molecule has 7 heteroatoms. The van der Waals surface area contributed by atoms with Crippen LogP contribution in [0.3, 0.4) is 0 Å². The number of hydrogen-bond acceptors (Lipinski definition) is 3. The molecule has 0 heterocycles. The normalized spacial score (nSPS) is 14.4. The topological polar surface area (TPSA) is 101 Å². The molecule has 1 aromatic rings. The van der Waals surface area contributed by atoms with E-state index in [9.17, 15) is 13.2 Å². The quantitative estimate of drug-likeness (QED) is 0.767. The number of primary sulfonamides is 1. The van der Waals surface area contributed by atoms with Gasteiger partial charge in [0.05, 0.1) is 10.9 Å². The first-order valence-corrected chi connectivity index (χ1v) is 7.98. The Labute approximate surface area is 119 Å². The number of sulfonamides is 1. The summed E-state index contributed by atoms with van der Waals surface area (Å²) in [5, 5.41) is 10.6. The molecule has 2 unspecified atom stereocenters. The van der Waals surface area contributed by atoms with Crippen molar-refractivity contribution in [1.82, 2.24) is 10.6 Å². The molecule has 0 saturated carbocycles. The maximum Gasteiger partial charge on any atom is 0.315 e. The van der Waals surface area contributed by atoms with E-state index in [-0.39, 0.29) is 23.0 Å². The Morgan fingerprint density at radius 3 is 2.20 bits per heavy atom. The predicted molar refractivity (Wildman–Crippen MR) is 77.7 cm³/mol. The van der Waals surface area contributed by atoms with Gasteiger partial charge in [0, 0.05) is 6.04 Å². The predicted octanol–water partition coefficient (Wildman–Crippen LogP) is 1.49. The van der Waals surface area contributed by atoms with Crippen LogP contribution in [-0.2, 0) is 10.0 Å². The minimum atomic E-state index is -3.69. The zero-order valence-electron chi connectivity index (χ0n) is 11.9. The maximum absolute atomic E-state index is 11.7. The Morgan fingerprint density at radius 1 is 1.20 bits per heavy atom. The van der Waals surface area contributed by atoms with E-state index in [2.05, 4.69) is 10.6 Å². The molecular formula is C13H21N3O3S. The van der Waals surface area contributed by atoms with Gasteiger partial charge in [-0.2, -0.15) is 0 Å². The largest absolute Gasteiger partial charge is 0.336 e. The summed E-state index contributed by atoms with van der Waals surface area (Å²) in [5.41, 5.74) is 0.803. The molecule has 1 aromatic carbocycles. The number of nitrogens with one attached hydrogen (secondary N) is 2. The number of carbonyl (C=O) groups is 1. The van der Waals surface area contributed by atoms with E-state index >= 15 is 0 Å². The number of benzene rings is 1. The number of nitrogens with two attached hydrogens (primary N) is 1. The SMILES string of the molecule is CCC(C)NC(=O)NC(C)c1ccc(S(N)(=O)=O)cc1. The molecule has 112 valence electrons. The summed E-state index contributed by atoms with van der Waals surface area (Å²) >= 11 is 0. The van der Waals surface area contributed by atoms with Gasteiger partial charge in [-0.05, 0) is 38.0 Å². The van der Waals surface area contributed by atoms with E-state index in [4.69, 9.17) is 5.14 Å². The number of urea groups is 1. The Kier molecular flexibility index (Phi) is 5.52. The third-order valence-corrected chi connectivity index (χ3v) is 3.98. The van der Waals surface area contributed by atoms with Gasteiger partial charge in [0.25, 0.3) is 0 Å². The van der Waals surface area contributed by atoms with E-state index in [1.807, 2.05) is 20.8 Å². The fourth-order valence-electron chi connectivity index (χ4n) is 1.59. The summed E-state index contributed by atoms with van der Waals surface area (Å²) in [5.74, 6) is 0. The van der Waals surface area contributed by atoms with Crippen LogP contribution in [0.4, 0.5) is 4.79 Å². The third-order valence-electron chi connectivity index (χ3n) is 3.05. The molecule has 4 N–H and O–H groups in total. The molecule has 0 spiro atoms. The molecule has 0 aliphatic carbocycles. The Hall–Kier alpha value is -1.60. The van der Waals surface area contributed by atoms with Crippen molar-refractivity contribution in [3.8, 4) is 0 Å². The van der Waals surface area contributed by atoms with Crippen molar-refractivity contribution in [3.05, 3.63) is 29.8 Å². The number of rotatable bonds is 5. The van der Waals surface area contributed by atoms with Crippen LogP contribution in [-0.4, -0.2) is 20.5 Å². The zero-order chi connectivity index (χ0) is 15.3. The highest BCUT2D eigenvalue weighted by Crippen LogP contribution is 2.15. The van der Waals surface area contributed by atoms with Crippen molar-refractivity contribution in [2.24, 2.45) is 5.14 Å². The second-order valence-corrected chi connectivity index (χ2v) is 6.32. The van der Waals surface area contributed by atoms with E-state index in [1.165, 1.54) is 12.1 Å². The maximum atomic E-state index is 11.7. The molecule has 0 aromatic heterocycles. The Balaban J connectivity index is 2.69. The van der Waals surface area contributed by atoms with Gasteiger partial charge in [-0.15, -0.1) is 0 Å². The zero-order valence-corrected chi connectivity index (χ0v) is 12.7. The lowest BCUT2D eigenvalue weighted by atomic mass is 10.1. The standard InChI is InChI=1S/C13H21N3O3S/c1-4-9(2)15-13(17)16-10(3)11-5-7-12(8-6-11)20(14,18)19/h5-10H,4H2,1-3H3,(H2,14,18,19)(H2,15,16,17). The van der Waals surface area contributed by atoms with Crippen molar-refractivity contribution >= 4 is 16.1 Å². The number of hydrogen-bond donors (Lipinski definition) is 3.